The SMILES string of the molecule is CC1Cc2c(c(Cl)c3c(c2C2(CN)CCCC2)OC(C)C3)O1. The van der Waals surface area contributed by atoms with Crippen molar-refractivity contribution in [3.05, 3.63) is 21.7 Å². The van der Waals surface area contributed by atoms with Gasteiger partial charge in [-0.05, 0) is 26.7 Å². The van der Waals surface area contributed by atoms with Crippen LogP contribution in [0.2, 0.25) is 5.02 Å². The molecule has 0 spiro atoms. The van der Waals surface area contributed by atoms with Crippen molar-refractivity contribution < 1.29 is 9.47 Å². The minimum atomic E-state index is 0.0518. The van der Waals surface area contributed by atoms with Crippen LogP contribution < -0.4 is 15.2 Å². The van der Waals surface area contributed by atoms with Crippen LogP contribution in [-0.2, 0) is 18.3 Å². The van der Waals surface area contributed by atoms with Gasteiger partial charge in [-0.25, -0.2) is 0 Å². The van der Waals surface area contributed by atoms with Crippen LogP contribution in [0.3, 0.4) is 0 Å². The van der Waals surface area contributed by atoms with Crippen LogP contribution in [0.4, 0.5) is 0 Å². The maximum Gasteiger partial charge on any atom is 0.142 e. The maximum absolute atomic E-state index is 6.66. The van der Waals surface area contributed by atoms with Crippen LogP contribution >= 0.6 is 11.6 Å². The maximum atomic E-state index is 6.66. The molecule has 1 fully saturated rings. The molecular weight excluding hydrogens is 298 g/mol. The molecule has 22 heavy (non-hydrogen) atoms. The summed E-state index contributed by atoms with van der Waals surface area (Å²) in [6.45, 7) is 4.90. The summed E-state index contributed by atoms with van der Waals surface area (Å²) in [4.78, 5) is 0. The average Bonchev–Trinajstić information content (AvgIpc) is 3.18. The summed E-state index contributed by atoms with van der Waals surface area (Å²) in [5.74, 6) is 1.93. The lowest BCUT2D eigenvalue weighted by Crippen LogP contribution is -2.33. The predicted octanol–water partition coefficient (Wildman–Crippen LogP) is 3.76. The van der Waals surface area contributed by atoms with Gasteiger partial charge in [-0.3, -0.25) is 0 Å². The number of nitrogens with two attached hydrogens (primary N) is 1. The van der Waals surface area contributed by atoms with Crippen molar-refractivity contribution in [2.75, 3.05) is 6.54 Å². The molecule has 1 aliphatic carbocycles. The lowest BCUT2D eigenvalue weighted by Gasteiger charge is -2.32. The van der Waals surface area contributed by atoms with Crippen LogP contribution in [0, 0.1) is 0 Å². The molecule has 4 rings (SSSR count). The highest BCUT2D eigenvalue weighted by Crippen LogP contribution is 2.55. The Labute approximate surface area is 137 Å². The van der Waals surface area contributed by atoms with Gasteiger partial charge in [0.15, 0.2) is 0 Å². The fourth-order valence-corrected chi connectivity index (χ4v) is 4.95. The zero-order valence-corrected chi connectivity index (χ0v) is 14.1. The molecule has 3 aliphatic rings. The minimum absolute atomic E-state index is 0.0518. The summed E-state index contributed by atoms with van der Waals surface area (Å²) in [5.41, 5.74) is 10.0. The van der Waals surface area contributed by atoms with Crippen molar-refractivity contribution in [1.29, 1.82) is 0 Å². The Morgan fingerprint density at radius 3 is 2.27 bits per heavy atom. The zero-order valence-electron chi connectivity index (χ0n) is 13.4. The fraction of sp³-hybridized carbons (Fsp3) is 0.667. The molecule has 0 radical (unpaired) electrons. The number of ether oxygens (including phenoxy) is 2. The van der Waals surface area contributed by atoms with Crippen LogP contribution in [0.25, 0.3) is 0 Å². The highest BCUT2D eigenvalue weighted by molar-refractivity contribution is 6.33. The number of fused-ring (bicyclic) bond motifs is 2. The van der Waals surface area contributed by atoms with Gasteiger partial charge >= 0.3 is 0 Å². The molecule has 2 N–H and O–H groups in total. The summed E-state index contributed by atoms with van der Waals surface area (Å²) >= 11 is 6.66. The highest BCUT2D eigenvalue weighted by Gasteiger charge is 2.45. The van der Waals surface area contributed by atoms with E-state index in [9.17, 15) is 0 Å². The molecule has 1 aromatic rings. The second-order valence-electron chi connectivity index (χ2n) is 7.26. The molecule has 2 unspecified atom stereocenters. The van der Waals surface area contributed by atoms with E-state index in [1.54, 1.807) is 0 Å². The summed E-state index contributed by atoms with van der Waals surface area (Å²) in [6.07, 6.45) is 6.94. The molecule has 2 aliphatic heterocycles. The van der Waals surface area contributed by atoms with E-state index in [0.29, 0.717) is 6.54 Å². The smallest absolute Gasteiger partial charge is 0.142 e. The lowest BCUT2D eigenvalue weighted by molar-refractivity contribution is 0.246. The van der Waals surface area contributed by atoms with E-state index >= 15 is 0 Å². The number of benzene rings is 1. The normalized spacial score (nSPS) is 28.2. The molecule has 2 heterocycles. The van der Waals surface area contributed by atoms with Crippen LogP contribution in [0.15, 0.2) is 0 Å². The molecule has 2 atom stereocenters. The van der Waals surface area contributed by atoms with Gasteiger partial charge in [0.25, 0.3) is 0 Å². The second-order valence-corrected chi connectivity index (χ2v) is 7.64. The molecule has 120 valence electrons. The van der Waals surface area contributed by atoms with Gasteiger partial charge < -0.3 is 15.2 Å². The van der Waals surface area contributed by atoms with E-state index in [1.807, 2.05) is 0 Å². The summed E-state index contributed by atoms with van der Waals surface area (Å²) in [6, 6.07) is 0. The molecular formula is C18H24ClNO2. The Morgan fingerprint density at radius 1 is 1.05 bits per heavy atom. The van der Waals surface area contributed by atoms with Gasteiger partial charge in [-0.15, -0.1) is 0 Å². The first-order valence-corrected chi connectivity index (χ1v) is 8.84. The summed E-state index contributed by atoms with van der Waals surface area (Å²) in [7, 11) is 0. The van der Waals surface area contributed by atoms with E-state index in [2.05, 4.69) is 13.8 Å². The second kappa shape index (κ2) is 5.04. The molecule has 4 heteroatoms. The van der Waals surface area contributed by atoms with E-state index in [4.69, 9.17) is 26.8 Å². The van der Waals surface area contributed by atoms with E-state index < -0.39 is 0 Å². The minimum Gasteiger partial charge on any atom is -0.490 e. The van der Waals surface area contributed by atoms with Crippen molar-refractivity contribution in [3.63, 3.8) is 0 Å². The third kappa shape index (κ3) is 1.91. The number of halogens is 1. The highest BCUT2D eigenvalue weighted by atomic mass is 35.5. The third-order valence-corrected chi connectivity index (χ3v) is 6.04. The first-order valence-electron chi connectivity index (χ1n) is 8.47. The summed E-state index contributed by atoms with van der Waals surface area (Å²) in [5, 5.41) is 0.771. The van der Waals surface area contributed by atoms with Crippen LogP contribution in [0.1, 0.15) is 56.2 Å². The van der Waals surface area contributed by atoms with Crippen molar-refractivity contribution >= 4 is 11.6 Å². The number of hydrogen-bond acceptors (Lipinski definition) is 3. The van der Waals surface area contributed by atoms with Gasteiger partial charge in [0, 0.05) is 41.5 Å². The van der Waals surface area contributed by atoms with E-state index in [-0.39, 0.29) is 17.6 Å². The summed E-state index contributed by atoms with van der Waals surface area (Å²) < 4.78 is 12.3. The van der Waals surface area contributed by atoms with Gasteiger partial charge in [-0.2, -0.15) is 0 Å². The standard InChI is InChI=1S/C18H24ClNO2/c1-10-7-12-14(18(9-20)5-3-4-6-18)16-13(8-11(2)21-16)15(19)17(12)22-10/h10-11H,3-9,20H2,1-2H3. The van der Waals surface area contributed by atoms with Gasteiger partial charge in [0.1, 0.15) is 23.7 Å². The average molecular weight is 322 g/mol. The Morgan fingerprint density at radius 2 is 1.64 bits per heavy atom. The molecule has 1 aromatic carbocycles. The molecule has 0 saturated heterocycles. The monoisotopic (exact) mass is 321 g/mol. The van der Waals surface area contributed by atoms with Gasteiger partial charge in [0.2, 0.25) is 0 Å². The Kier molecular flexibility index (Phi) is 3.35. The number of rotatable bonds is 2. The first kappa shape index (κ1) is 14.6. The van der Waals surface area contributed by atoms with Crippen LogP contribution in [0.5, 0.6) is 11.5 Å². The molecule has 0 bridgehead atoms. The zero-order chi connectivity index (χ0) is 15.5. The van der Waals surface area contributed by atoms with Crippen LogP contribution in [-0.4, -0.2) is 18.8 Å². The molecule has 3 nitrogen and oxygen atoms in total. The van der Waals surface area contributed by atoms with Crippen molar-refractivity contribution in [2.45, 2.75) is 70.0 Å². The van der Waals surface area contributed by atoms with Gasteiger partial charge in [0.05, 0.1) is 5.02 Å². The first-order chi connectivity index (χ1) is 10.6. The van der Waals surface area contributed by atoms with Gasteiger partial charge in [-0.1, -0.05) is 24.4 Å². The van der Waals surface area contributed by atoms with Crippen molar-refractivity contribution in [1.82, 2.24) is 0 Å². The van der Waals surface area contributed by atoms with Crippen molar-refractivity contribution in [3.8, 4) is 11.5 Å². The Bertz CT molecular complexity index is 583. The molecule has 0 aromatic heterocycles. The third-order valence-electron chi connectivity index (χ3n) is 5.64. The Balaban J connectivity index is 1.98. The molecule has 1 saturated carbocycles. The van der Waals surface area contributed by atoms with E-state index in [1.165, 1.54) is 24.0 Å². The fourth-order valence-electron chi connectivity index (χ4n) is 4.63. The van der Waals surface area contributed by atoms with Crippen molar-refractivity contribution in [2.24, 2.45) is 5.73 Å². The predicted molar refractivity (Wildman–Crippen MR) is 88.2 cm³/mol. The van der Waals surface area contributed by atoms with E-state index in [0.717, 1.165) is 47.8 Å². The topological polar surface area (TPSA) is 44.5 Å². The largest absolute Gasteiger partial charge is 0.490 e. The quantitative estimate of drug-likeness (QED) is 0.902. The Hall–Kier alpha value is -0.930. The molecule has 0 amide bonds. The number of hydrogen-bond donors (Lipinski definition) is 1. The lowest BCUT2D eigenvalue weighted by atomic mass is 9.74.